The highest BCUT2D eigenvalue weighted by Crippen LogP contribution is 2.30. The molecule has 0 radical (unpaired) electrons. The number of benzene rings is 1. The molecule has 1 aliphatic rings. The predicted octanol–water partition coefficient (Wildman–Crippen LogP) is 3.80. The molecule has 4 rings (SSSR count). The van der Waals surface area contributed by atoms with Crippen LogP contribution < -0.4 is 20.9 Å². The highest BCUT2D eigenvalue weighted by Gasteiger charge is 2.21. The zero-order chi connectivity index (χ0) is 23.4. The van der Waals surface area contributed by atoms with Crippen molar-refractivity contribution in [2.75, 3.05) is 41.7 Å². The van der Waals surface area contributed by atoms with Crippen molar-refractivity contribution in [1.29, 1.82) is 0 Å². The van der Waals surface area contributed by atoms with Crippen molar-refractivity contribution in [2.24, 2.45) is 5.41 Å². The fraction of sp³-hybridized carbons (Fsp3) is 0.391. The number of rotatable bonds is 6. The lowest BCUT2D eigenvalue weighted by Crippen LogP contribution is -2.44. The number of aromatic amines is 1. The quantitative estimate of drug-likeness (QED) is 0.406. The fourth-order valence-corrected chi connectivity index (χ4v) is 4.00. The predicted molar refractivity (Wildman–Crippen MR) is 132 cm³/mol. The van der Waals surface area contributed by atoms with Crippen LogP contribution in [0.3, 0.4) is 0 Å². The molecule has 2 aromatic heterocycles. The highest BCUT2D eigenvalue weighted by molar-refractivity contribution is 7.99. The molecule has 3 heterocycles. The van der Waals surface area contributed by atoms with Crippen LogP contribution in [0.4, 0.5) is 23.1 Å². The molecule has 10 heteroatoms. The largest absolute Gasteiger partial charge is 0.354 e. The zero-order valence-electron chi connectivity index (χ0n) is 19.4. The van der Waals surface area contributed by atoms with Gasteiger partial charge in [0.25, 0.3) is 0 Å². The Bertz CT molecular complexity index is 1100. The minimum Gasteiger partial charge on any atom is -0.354 e. The second-order valence-electron chi connectivity index (χ2n) is 9.01. The maximum Gasteiger partial charge on any atom is 0.229 e. The summed E-state index contributed by atoms with van der Waals surface area (Å²) in [5.74, 6) is 2.37. The molecule has 174 valence electrons. The minimum atomic E-state index is -0.442. The van der Waals surface area contributed by atoms with Crippen LogP contribution in [-0.2, 0) is 4.79 Å². The molecule has 9 nitrogen and oxygen atoms in total. The van der Waals surface area contributed by atoms with E-state index < -0.39 is 5.41 Å². The summed E-state index contributed by atoms with van der Waals surface area (Å²) in [6, 6.07) is 11.6. The van der Waals surface area contributed by atoms with Crippen LogP contribution in [0.15, 0.2) is 46.5 Å². The smallest absolute Gasteiger partial charge is 0.229 e. The number of hydrogen-bond donors (Lipinski definition) is 4. The van der Waals surface area contributed by atoms with Gasteiger partial charge in [-0.05, 0) is 43.0 Å². The Hall–Kier alpha value is -3.11. The molecule has 33 heavy (non-hydrogen) atoms. The van der Waals surface area contributed by atoms with Gasteiger partial charge in [0, 0.05) is 54.3 Å². The first-order chi connectivity index (χ1) is 15.8. The second-order valence-corrected chi connectivity index (χ2v) is 10.1. The number of aryl methyl sites for hydroxylation is 1. The van der Waals surface area contributed by atoms with Gasteiger partial charge in [0.2, 0.25) is 5.91 Å². The first-order valence-electron chi connectivity index (χ1n) is 11.0. The van der Waals surface area contributed by atoms with Crippen LogP contribution in [-0.4, -0.2) is 52.3 Å². The van der Waals surface area contributed by atoms with Crippen molar-refractivity contribution in [3.63, 3.8) is 0 Å². The Kier molecular flexibility index (Phi) is 6.85. The molecule has 1 amide bonds. The average Bonchev–Trinajstić information content (AvgIpc) is 3.19. The van der Waals surface area contributed by atoms with E-state index in [1.54, 1.807) is 0 Å². The number of piperazine rings is 1. The number of nitrogens with zero attached hydrogens (tertiary/aromatic N) is 4. The van der Waals surface area contributed by atoms with Crippen molar-refractivity contribution in [1.82, 2.24) is 25.5 Å². The Balaban J connectivity index is 1.54. The summed E-state index contributed by atoms with van der Waals surface area (Å²) in [5.41, 5.74) is 1.23. The van der Waals surface area contributed by atoms with Gasteiger partial charge in [-0.25, -0.2) is 9.97 Å². The summed E-state index contributed by atoms with van der Waals surface area (Å²) in [6.07, 6.45) is 0. The third-order valence-electron chi connectivity index (χ3n) is 5.10. The Morgan fingerprint density at radius 2 is 1.82 bits per heavy atom. The Labute approximate surface area is 198 Å². The zero-order valence-corrected chi connectivity index (χ0v) is 20.2. The van der Waals surface area contributed by atoms with Crippen molar-refractivity contribution >= 4 is 40.8 Å². The van der Waals surface area contributed by atoms with E-state index in [4.69, 9.17) is 9.97 Å². The maximum atomic E-state index is 12.2. The monoisotopic (exact) mass is 466 g/mol. The van der Waals surface area contributed by atoms with Crippen LogP contribution in [0, 0.1) is 12.3 Å². The van der Waals surface area contributed by atoms with Crippen LogP contribution in [0.1, 0.15) is 26.5 Å². The number of H-pyrrole nitrogens is 1. The van der Waals surface area contributed by atoms with Crippen molar-refractivity contribution in [2.45, 2.75) is 37.7 Å². The number of aromatic nitrogens is 4. The number of amides is 1. The van der Waals surface area contributed by atoms with Gasteiger partial charge in [0.15, 0.2) is 5.16 Å². The van der Waals surface area contributed by atoms with Crippen LogP contribution >= 0.6 is 11.8 Å². The van der Waals surface area contributed by atoms with E-state index >= 15 is 0 Å². The molecule has 0 atom stereocenters. The normalized spacial score (nSPS) is 14.2. The van der Waals surface area contributed by atoms with E-state index in [9.17, 15) is 4.79 Å². The molecule has 0 saturated carbocycles. The van der Waals surface area contributed by atoms with E-state index in [1.807, 2.05) is 64.1 Å². The van der Waals surface area contributed by atoms with E-state index in [0.717, 1.165) is 54.1 Å². The number of anilines is 4. The summed E-state index contributed by atoms with van der Waals surface area (Å²) < 4.78 is 0. The van der Waals surface area contributed by atoms with E-state index in [2.05, 4.69) is 31.0 Å². The minimum absolute atomic E-state index is 0.0141. The molecule has 1 aliphatic heterocycles. The standard InChI is InChI=1S/C23H30N8OS/c1-15-13-19(30-29-15)26-18-14-20(31-11-9-24-10-12-31)28-22(27-18)33-17-7-5-16(6-8-17)25-21(32)23(2,3)4/h5-8,13-14,24H,9-12H2,1-4H3,(H,25,32)(H2,26,27,28,29,30). The first kappa shape index (κ1) is 23.1. The lowest BCUT2D eigenvalue weighted by molar-refractivity contribution is -0.123. The van der Waals surface area contributed by atoms with E-state index in [0.29, 0.717) is 11.0 Å². The third kappa shape index (κ3) is 6.23. The first-order valence-corrected chi connectivity index (χ1v) is 11.8. The average molecular weight is 467 g/mol. The second kappa shape index (κ2) is 9.80. The van der Waals surface area contributed by atoms with Gasteiger partial charge >= 0.3 is 0 Å². The maximum absolute atomic E-state index is 12.2. The van der Waals surface area contributed by atoms with Crippen LogP contribution in [0.25, 0.3) is 0 Å². The number of carbonyl (C=O) groups excluding carboxylic acids is 1. The number of hydrogen-bond acceptors (Lipinski definition) is 8. The Morgan fingerprint density at radius 3 is 2.45 bits per heavy atom. The van der Waals surface area contributed by atoms with Gasteiger partial charge in [0.05, 0.1) is 5.69 Å². The van der Waals surface area contributed by atoms with Gasteiger partial charge in [-0.1, -0.05) is 20.8 Å². The van der Waals surface area contributed by atoms with Gasteiger partial charge in [-0.2, -0.15) is 5.10 Å². The molecule has 3 aromatic rings. The molecule has 1 saturated heterocycles. The summed E-state index contributed by atoms with van der Waals surface area (Å²) in [6.45, 7) is 11.3. The van der Waals surface area contributed by atoms with Crippen molar-refractivity contribution < 1.29 is 4.79 Å². The highest BCUT2D eigenvalue weighted by atomic mass is 32.2. The molecular formula is C23H30N8OS. The van der Waals surface area contributed by atoms with Gasteiger partial charge in [0.1, 0.15) is 17.5 Å². The molecular weight excluding hydrogens is 436 g/mol. The van der Waals surface area contributed by atoms with E-state index in [-0.39, 0.29) is 5.91 Å². The molecule has 4 N–H and O–H groups in total. The lowest BCUT2D eigenvalue weighted by atomic mass is 9.95. The molecule has 1 fully saturated rings. The number of nitrogens with one attached hydrogen (secondary N) is 4. The summed E-state index contributed by atoms with van der Waals surface area (Å²) >= 11 is 1.49. The van der Waals surface area contributed by atoms with Crippen LogP contribution in [0.2, 0.25) is 0 Å². The van der Waals surface area contributed by atoms with Crippen molar-refractivity contribution in [3.05, 3.63) is 42.1 Å². The topological polar surface area (TPSA) is 111 Å². The van der Waals surface area contributed by atoms with E-state index in [1.165, 1.54) is 11.8 Å². The Morgan fingerprint density at radius 1 is 1.09 bits per heavy atom. The molecule has 0 aliphatic carbocycles. The van der Waals surface area contributed by atoms with Gasteiger partial charge < -0.3 is 20.9 Å². The molecule has 0 unspecified atom stereocenters. The summed E-state index contributed by atoms with van der Waals surface area (Å²) in [5, 5.41) is 17.4. The summed E-state index contributed by atoms with van der Waals surface area (Å²) in [4.78, 5) is 25.0. The molecule has 1 aromatic carbocycles. The van der Waals surface area contributed by atoms with Gasteiger partial charge in [-0.3, -0.25) is 9.89 Å². The summed E-state index contributed by atoms with van der Waals surface area (Å²) in [7, 11) is 0. The van der Waals surface area contributed by atoms with Gasteiger partial charge in [-0.15, -0.1) is 0 Å². The number of carbonyl (C=O) groups is 1. The fourth-order valence-electron chi connectivity index (χ4n) is 3.23. The van der Waals surface area contributed by atoms with Crippen molar-refractivity contribution in [3.8, 4) is 0 Å². The third-order valence-corrected chi connectivity index (χ3v) is 5.98. The SMILES string of the molecule is Cc1cc(Nc2cc(N3CCNCC3)nc(Sc3ccc(NC(=O)C(C)(C)C)cc3)n2)[nH]n1. The van der Waals surface area contributed by atoms with Crippen LogP contribution in [0.5, 0.6) is 0 Å². The molecule has 0 bridgehead atoms. The lowest BCUT2D eigenvalue weighted by Gasteiger charge is -2.28. The molecule has 0 spiro atoms.